The van der Waals surface area contributed by atoms with Gasteiger partial charge in [-0.25, -0.2) is 4.79 Å². The zero-order chi connectivity index (χ0) is 21.7. The minimum absolute atomic E-state index is 0.0444. The van der Waals surface area contributed by atoms with Gasteiger partial charge in [-0.05, 0) is 45.8 Å². The van der Waals surface area contributed by atoms with Gasteiger partial charge in [0.25, 0.3) is 0 Å². The van der Waals surface area contributed by atoms with Gasteiger partial charge in [0.1, 0.15) is 29.2 Å². The monoisotopic (exact) mass is 426 g/mol. The Morgan fingerprint density at radius 3 is 2.52 bits per heavy atom. The molecule has 2 aliphatic carbocycles. The number of rotatable bonds is 0. The highest BCUT2D eigenvalue weighted by Gasteiger charge is 2.77. The summed E-state index contributed by atoms with van der Waals surface area (Å²) in [6.45, 7) is 10.5. The van der Waals surface area contributed by atoms with E-state index in [1.165, 1.54) is 0 Å². The maximum atomic E-state index is 13.1. The second-order valence-corrected chi connectivity index (χ2v) is 11.1. The standard InChI is InChI=1S/C24H26O7/c1-10-18-16-17-19(28-10)30-20(26)22(17,4)8-13-23(16,5)14(29-18)6-11-12(24(13)9-27-24)7-15(25)31-21(11,2)3/h6-7,10,13-14,17,19H,8-9H2,1-5H3/t10-,13+,14-,17?,19+,22+,23+,24-/m0/s1. The van der Waals surface area contributed by atoms with Crippen LogP contribution in [0.5, 0.6) is 0 Å². The second kappa shape index (κ2) is 4.94. The molecule has 1 unspecified atom stereocenters. The van der Waals surface area contributed by atoms with Crippen LogP contribution in [0.1, 0.15) is 41.0 Å². The zero-order valence-electron chi connectivity index (χ0n) is 18.3. The largest absolute Gasteiger partial charge is 0.487 e. The van der Waals surface area contributed by atoms with E-state index in [4.69, 9.17) is 23.7 Å². The van der Waals surface area contributed by atoms with Crippen LogP contribution in [0.2, 0.25) is 0 Å². The van der Waals surface area contributed by atoms with E-state index < -0.39 is 28.3 Å². The normalized spacial score (nSPS) is 52.4. The van der Waals surface area contributed by atoms with E-state index in [2.05, 4.69) is 13.0 Å². The lowest BCUT2D eigenvalue weighted by Gasteiger charge is -2.52. The molecule has 7 nitrogen and oxygen atoms in total. The van der Waals surface area contributed by atoms with Crippen molar-refractivity contribution in [2.45, 2.75) is 70.7 Å². The summed E-state index contributed by atoms with van der Waals surface area (Å²) in [5.74, 6) is 0.0295. The molecule has 8 atom stereocenters. The first kappa shape index (κ1) is 18.5. The lowest BCUT2D eigenvalue weighted by Crippen LogP contribution is -2.56. The molecule has 5 aliphatic heterocycles. The zero-order valence-corrected chi connectivity index (χ0v) is 18.3. The van der Waals surface area contributed by atoms with Gasteiger partial charge in [0.2, 0.25) is 6.29 Å². The summed E-state index contributed by atoms with van der Waals surface area (Å²) in [6.07, 6.45) is 3.16. The van der Waals surface area contributed by atoms with Crippen LogP contribution in [-0.2, 0) is 33.3 Å². The first-order chi connectivity index (χ1) is 14.5. The Morgan fingerprint density at radius 1 is 1.06 bits per heavy atom. The smallest absolute Gasteiger partial charge is 0.332 e. The van der Waals surface area contributed by atoms with E-state index >= 15 is 0 Å². The number of cyclic esters (lactones) is 1. The molecule has 7 aliphatic rings. The van der Waals surface area contributed by atoms with Gasteiger partial charge in [0.15, 0.2) is 0 Å². The summed E-state index contributed by atoms with van der Waals surface area (Å²) < 4.78 is 30.4. The number of hydrogen-bond acceptors (Lipinski definition) is 7. The summed E-state index contributed by atoms with van der Waals surface area (Å²) in [4.78, 5) is 25.6. The predicted molar refractivity (Wildman–Crippen MR) is 105 cm³/mol. The van der Waals surface area contributed by atoms with Crippen LogP contribution in [0.3, 0.4) is 0 Å². The molecular formula is C24H26O7. The maximum absolute atomic E-state index is 13.1. The molecule has 1 spiro atoms. The van der Waals surface area contributed by atoms with Crippen LogP contribution < -0.4 is 0 Å². The van der Waals surface area contributed by atoms with E-state index in [0.29, 0.717) is 13.0 Å². The Balaban J connectivity index is 1.52. The summed E-state index contributed by atoms with van der Waals surface area (Å²) in [5.41, 5.74) is 0.415. The molecule has 3 fully saturated rings. The van der Waals surface area contributed by atoms with Crippen molar-refractivity contribution in [2.24, 2.45) is 22.7 Å². The summed E-state index contributed by atoms with van der Waals surface area (Å²) in [7, 11) is 0. The van der Waals surface area contributed by atoms with Gasteiger partial charge in [-0.2, -0.15) is 0 Å². The Kier molecular flexibility index (Phi) is 2.94. The van der Waals surface area contributed by atoms with Gasteiger partial charge in [0.05, 0.1) is 17.9 Å². The number of esters is 2. The minimum atomic E-state index is -0.792. The molecule has 0 aromatic carbocycles. The van der Waals surface area contributed by atoms with Crippen molar-refractivity contribution < 1.29 is 33.3 Å². The molecule has 0 bridgehead atoms. The molecule has 0 aromatic rings. The number of epoxide rings is 1. The molecule has 1 saturated carbocycles. The van der Waals surface area contributed by atoms with Gasteiger partial charge in [-0.15, -0.1) is 0 Å². The number of carbonyl (C=O) groups excluding carboxylic acids is 2. The van der Waals surface area contributed by atoms with Crippen molar-refractivity contribution in [3.63, 3.8) is 0 Å². The molecule has 0 N–H and O–H groups in total. The van der Waals surface area contributed by atoms with Crippen LogP contribution in [-0.4, -0.2) is 48.2 Å². The molecule has 2 saturated heterocycles. The Labute approximate surface area is 180 Å². The van der Waals surface area contributed by atoms with E-state index in [1.807, 2.05) is 27.7 Å². The minimum Gasteiger partial charge on any atom is -0.487 e. The first-order valence-corrected chi connectivity index (χ1v) is 11.1. The average Bonchev–Trinajstić information content (AvgIpc) is 3.37. The van der Waals surface area contributed by atoms with E-state index in [1.54, 1.807) is 6.08 Å². The second-order valence-electron chi connectivity index (χ2n) is 11.1. The fraction of sp³-hybridized carbons (Fsp3) is 0.667. The van der Waals surface area contributed by atoms with Crippen molar-refractivity contribution in [2.75, 3.05) is 6.61 Å². The molecule has 7 heteroatoms. The lowest BCUT2D eigenvalue weighted by atomic mass is 9.48. The van der Waals surface area contributed by atoms with Crippen LogP contribution in [0.25, 0.3) is 0 Å². The maximum Gasteiger partial charge on any atom is 0.332 e. The molecule has 5 heterocycles. The van der Waals surface area contributed by atoms with Gasteiger partial charge >= 0.3 is 11.9 Å². The third-order valence-electron chi connectivity index (χ3n) is 9.06. The van der Waals surface area contributed by atoms with E-state index in [-0.39, 0.29) is 36.0 Å². The van der Waals surface area contributed by atoms with E-state index in [9.17, 15) is 9.59 Å². The molecule has 0 amide bonds. The van der Waals surface area contributed by atoms with Gasteiger partial charge in [0, 0.05) is 28.6 Å². The molecule has 0 aromatic heterocycles. The Bertz CT molecular complexity index is 1080. The van der Waals surface area contributed by atoms with Crippen molar-refractivity contribution in [3.8, 4) is 0 Å². The highest BCUT2D eigenvalue weighted by Crippen LogP contribution is 2.73. The van der Waals surface area contributed by atoms with Crippen molar-refractivity contribution in [1.29, 1.82) is 0 Å². The number of hydrogen-bond donors (Lipinski definition) is 0. The number of ether oxygens (including phenoxy) is 5. The molecule has 0 radical (unpaired) electrons. The van der Waals surface area contributed by atoms with Gasteiger partial charge in [-0.3, -0.25) is 4.79 Å². The first-order valence-electron chi connectivity index (χ1n) is 11.1. The average molecular weight is 426 g/mol. The van der Waals surface area contributed by atoms with Crippen molar-refractivity contribution >= 4 is 11.9 Å². The quantitative estimate of drug-likeness (QED) is 0.435. The third kappa shape index (κ3) is 1.83. The molecular weight excluding hydrogens is 400 g/mol. The SMILES string of the molecule is C[C@@H]1O[C@@H]2OC(=O)[C@]3(C)C[C@@H]4[C@@]5(C)C(=C1O[C@H]5C=C1C(=CC(=O)OC1(C)C)[C@@]41CO1)C23. The molecule has 7 rings (SSSR count). The predicted octanol–water partition coefficient (Wildman–Crippen LogP) is 2.56. The summed E-state index contributed by atoms with van der Waals surface area (Å²) in [5, 5.41) is 0. The van der Waals surface area contributed by atoms with Crippen LogP contribution in [0.4, 0.5) is 0 Å². The van der Waals surface area contributed by atoms with Crippen molar-refractivity contribution in [1.82, 2.24) is 0 Å². The van der Waals surface area contributed by atoms with Gasteiger partial charge in [-0.1, -0.05) is 6.92 Å². The lowest BCUT2D eigenvalue weighted by molar-refractivity contribution is -0.179. The van der Waals surface area contributed by atoms with Crippen LogP contribution in [0.15, 0.2) is 34.6 Å². The highest BCUT2D eigenvalue weighted by molar-refractivity contribution is 5.88. The molecule has 164 valence electrons. The summed E-state index contributed by atoms with van der Waals surface area (Å²) >= 11 is 0. The number of fused-ring (bicyclic) bond motifs is 3. The Morgan fingerprint density at radius 2 is 1.81 bits per heavy atom. The van der Waals surface area contributed by atoms with Crippen LogP contribution in [0, 0.1) is 22.7 Å². The molecule has 31 heavy (non-hydrogen) atoms. The highest BCUT2D eigenvalue weighted by atomic mass is 16.7. The Hall–Kier alpha value is -2.12. The fourth-order valence-electron chi connectivity index (χ4n) is 7.46. The topological polar surface area (TPSA) is 83.6 Å². The number of carbonyl (C=O) groups is 2. The third-order valence-corrected chi connectivity index (χ3v) is 9.06. The van der Waals surface area contributed by atoms with E-state index in [0.717, 1.165) is 22.5 Å². The van der Waals surface area contributed by atoms with Gasteiger partial charge < -0.3 is 23.7 Å². The van der Waals surface area contributed by atoms with Crippen LogP contribution >= 0.6 is 0 Å². The fourth-order valence-corrected chi connectivity index (χ4v) is 7.46. The van der Waals surface area contributed by atoms with Crippen molar-refractivity contribution in [3.05, 3.63) is 34.6 Å². The summed E-state index contributed by atoms with van der Waals surface area (Å²) in [6, 6.07) is 0.